The van der Waals surface area contributed by atoms with Gasteiger partial charge in [-0.15, -0.1) is 0 Å². The Hall–Kier alpha value is -1.79. The number of rotatable bonds is 6. The largest absolute Gasteiger partial charge is 0.481 e. The van der Waals surface area contributed by atoms with Crippen LogP contribution in [0.1, 0.15) is 25.7 Å². The van der Waals surface area contributed by atoms with Crippen molar-refractivity contribution in [1.82, 2.24) is 10.6 Å². The third-order valence-electron chi connectivity index (χ3n) is 3.01. The van der Waals surface area contributed by atoms with Gasteiger partial charge in [-0.05, 0) is 12.8 Å². The molecule has 7 nitrogen and oxygen atoms in total. The SMILES string of the molecule is NC(=O)CCNC(=O)NCC1(C(=O)O)CCC1. The third-order valence-corrected chi connectivity index (χ3v) is 3.01. The summed E-state index contributed by atoms with van der Waals surface area (Å²) in [4.78, 5) is 32.7. The van der Waals surface area contributed by atoms with Crippen LogP contribution in [0, 0.1) is 5.41 Å². The number of hydrogen-bond acceptors (Lipinski definition) is 3. The van der Waals surface area contributed by atoms with Gasteiger partial charge in [0.1, 0.15) is 0 Å². The summed E-state index contributed by atoms with van der Waals surface area (Å²) >= 11 is 0. The Bertz CT molecular complexity index is 326. The van der Waals surface area contributed by atoms with Crippen LogP contribution in [0.5, 0.6) is 0 Å². The maximum absolute atomic E-state index is 11.3. The van der Waals surface area contributed by atoms with Crippen molar-refractivity contribution in [2.75, 3.05) is 13.1 Å². The van der Waals surface area contributed by atoms with Crippen molar-refractivity contribution < 1.29 is 19.5 Å². The van der Waals surface area contributed by atoms with E-state index in [1.807, 2.05) is 0 Å². The van der Waals surface area contributed by atoms with Gasteiger partial charge in [0.25, 0.3) is 0 Å². The second-order valence-electron chi connectivity index (χ2n) is 4.26. The number of primary amides is 1. The Morgan fingerprint density at radius 3 is 2.29 bits per heavy atom. The van der Waals surface area contributed by atoms with Gasteiger partial charge in [-0.1, -0.05) is 6.42 Å². The lowest BCUT2D eigenvalue weighted by Crippen LogP contribution is -2.50. The molecule has 1 fully saturated rings. The highest BCUT2D eigenvalue weighted by Crippen LogP contribution is 2.40. The second kappa shape index (κ2) is 5.51. The van der Waals surface area contributed by atoms with E-state index in [-0.39, 0.29) is 19.5 Å². The van der Waals surface area contributed by atoms with Crippen LogP contribution in [0.2, 0.25) is 0 Å². The summed E-state index contributed by atoms with van der Waals surface area (Å²) in [6.45, 7) is 0.270. The maximum Gasteiger partial charge on any atom is 0.314 e. The van der Waals surface area contributed by atoms with E-state index in [1.54, 1.807) is 0 Å². The van der Waals surface area contributed by atoms with E-state index in [4.69, 9.17) is 10.8 Å². The van der Waals surface area contributed by atoms with Crippen LogP contribution in [0.3, 0.4) is 0 Å². The van der Waals surface area contributed by atoms with Gasteiger partial charge in [-0.25, -0.2) is 4.79 Å². The predicted octanol–water partition coefficient (Wildman–Crippen LogP) is -0.584. The predicted molar refractivity (Wildman–Crippen MR) is 59.1 cm³/mol. The maximum atomic E-state index is 11.3. The third kappa shape index (κ3) is 3.61. The number of carbonyl (C=O) groups is 3. The first-order chi connectivity index (χ1) is 7.96. The molecule has 0 aromatic heterocycles. The molecule has 3 amide bonds. The number of amides is 3. The van der Waals surface area contributed by atoms with Gasteiger partial charge in [-0.2, -0.15) is 0 Å². The molecule has 1 saturated carbocycles. The quantitative estimate of drug-likeness (QED) is 0.498. The number of nitrogens with one attached hydrogen (secondary N) is 2. The fraction of sp³-hybridized carbons (Fsp3) is 0.700. The Morgan fingerprint density at radius 2 is 1.88 bits per heavy atom. The van der Waals surface area contributed by atoms with E-state index in [0.717, 1.165) is 6.42 Å². The lowest BCUT2D eigenvalue weighted by Gasteiger charge is -2.37. The van der Waals surface area contributed by atoms with Gasteiger partial charge in [-0.3, -0.25) is 9.59 Å². The minimum atomic E-state index is -0.874. The number of nitrogens with two attached hydrogens (primary N) is 1. The normalized spacial score (nSPS) is 16.7. The number of aliphatic carboxylic acids is 1. The Labute approximate surface area is 98.7 Å². The summed E-state index contributed by atoms with van der Waals surface area (Å²) in [5.74, 6) is -1.37. The topological polar surface area (TPSA) is 122 Å². The Kier molecular flexibility index (Phi) is 4.30. The molecule has 0 atom stereocenters. The molecule has 1 aliphatic rings. The van der Waals surface area contributed by atoms with Gasteiger partial charge in [0.05, 0.1) is 5.41 Å². The molecule has 0 bridgehead atoms. The second-order valence-corrected chi connectivity index (χ2v) is 4.26. The zero-order valence-corrected chi connectivity index (χ0v) is 9.49. The summed E-state index contributed by atoms with van der Waals surface area (Å²) in [6, 6.07) is -0.473. The van der Waals surface area contributed by atoms with Crippen LogP contribution in [-0.4, -0.2) is 36.1 Å². The highest BCUT2D eigenvalue weighted by atomic mass is 16.4. The summed E-state index contributed by atoms with van der Waals surface area (Å²) in [5.41, 5.74) is 4.10. The summed E-state index contributed by atoms with van der Waals surface area (Å²) < 4.78 is 0. The van der Waals surface area contributed by atoms with Gasteiger partial charge >= 0.3 is 12.0 Å². The molecule has 0 saturated heterocycles. The highest BCUT2D eigenvalue weighted by molar-refractivity contribution is 5.79. The lowest BCUT2D eigenvalue weighted by molar-refractivity contribution is -0.153. The van der Waals surface area contributed by atoms with Crippen molar-refractivity contribution in [2.45, 2.75) is 25.7 Å². The molecule has 0 heterocycles. The molecular formula is C10H17N3O4. The monoisotopic (exact) mass is 243 g/mol. The zero-order chi connectivity index (χ0) is 12.9. The standard InChI is InChI=1S/C10H17N3O4/c11-7(14)2-5-12-9(17)13-6-10(8(15)16)3-1-4-10/h1-6H2,(H2,11,14)(H,15,16)(H2,12,13,17). The fourth-order valence-electron chi connectivity index (χ4n) is 1.68. The van der Waals surface area contributed by atoms with Gasteiger partial charge in [0.2, 0.25) is 5.91 Å². The molecule has 1 rings (SSSR count). The molecule has 0 aromatic rings. The Balaban J connectivity index is 2.23. The summed E-state index contributed by atoms with van der Waals surface area (Å²) in [6.07, 6.45) is 2.11. The lowest BCUT2D eigenvalue weighted by atomic mass is 9.69. The van der Waals surface area contributed by atoms with Gasteiger partial charge in [0.15, 0.2) is 0 Å². The van der Waals surface area contributed by atoms with E-state index in [2.05, 4.69) is 10.6 Å². The number of hydrogen-bond donors (Lipinski definition) is 4. The van der Waals surface area contributed by atoms with E-state index in [0.29, 0.717) is 12.8 Å². The highest BCUT2D eigenvalue weighted by Gasteiger charge is 2.44. The van der Waals surface area contributed by atoms with E-state index < -0.39 is 23.3 Å². The molecule has 0 spiro atoms. The molecule has 0 unspecified atom stereocenters. The molecular weight excluding hydrogens is 226 g/mol. The molecule has 17 heavy (non-hydrogen) atoms. The van der Waals surface area contributed by atoms with Crippen LogP contribution >= 0.6 is 0 Å². The van der Waals surface area contributed by atoms with Crippen molar-refractivity contribution in [3.63, 3.8) is 0 Å². The minimum absolute atomic E-state index is 0.0670. The molecule has 0 aliphatic heterocycles. The van der Waals surface area contributed by atoms with E-state index in [1.165, 1.54) is 0 Å². The number of carbonyl (C=O) groups excluding carboxylic acids is 2. The number of carboxylic acid groups (broad SMARTS) is 1. The molecule has 0 radical (unpaired) electrons. The Morgan fingerprint density at radius 1 is 1.24 bits per heavy atom. The smallest absolute Gasteiger partial charge is 0.314 e. The van der Waals surface area contributed by atoms with Crippen LogP contribution < -0.4 is 16.4 Å². The van der Waals surface area contributed by atoms with Gasteiger partial charge in [0, 0.05) is 19.5 Å². The van der Waals surface area contributed by atoms with Crippen LogP contribution in [0.25, 0.3) is 0 Å². The number of carboxylic acids is 1. The van der Waals surface area contributed by atoms with Crippen LogP contribution in [-0.2, 0) is 9.59 Å². The average Bonchev–Trinajstić information content (AvgIpc) is 2.14. The average molecular weight is 243 g/mol. The first-order valence-corrected chi connectivity index (χ1v) is 5.50. The van der Waals surface area contributed by atoms with Crippen molar-refractivity contribution in [3.05, 3.63) is 0 Å². The zero-order valence-electron chi connectivity index (χ0n) is 9.49. The van der Waals surface area contributed by atoms with Crippen LogP contribution in [0.15, 0.2) is 0 Å². The van der Waals surface area contributed by atoms with E-state index in [9.17, 15) is 14.4 Å². The first-order valence-electron chi connectivity index (χ1n) is 5.50. The van der Waals surface area contributed by atoms with E-state index >= 15 is 0 Å². The minimum Gasteiger partial charge on any atom is -0.481 e. The molecule has 0 aromatic carbocycles. The summed E-state index contributed by atoms with van der Waals surface area (Å²) in [7, 11) is 0. The molecule has 7 heteroatoms. The van der Waals surface area contributed by atoms with Gasteiger partial charge < -0.3 is 21.5 Å². The fourth-order valence-corrected chi connectivity index (χ4v) is 1.68. The molecule has 1 aliphatic carbocycles. The van der Waals surface area contributed by atoms with Crippen molar-refractivity contribution >= 4 is 17.9 Å². The molecule has 96 valence electrons. The van der Waals surface area contributed by atoms with Crippen molar-refractivity contribution in [2.24, 2.45) is 11.1 Å². The van der Waals surface area contributed by atoms with Crippen molar-refractivity contribution in [1.29, 1.82) is 0 Å². The summed E-state index contributed by atoms with van der Waals surface area (Å²) in [5, 5.41) is 13.9. The van der Waals surface area contributed by atoms with Crippen LogP contribution in [0.4, 0.5) is 4.79 Å². The van der Waals surface area contributed by atoms with Crippen molar-refractivity contribution in [3.8, 4) is 0 Å². The first kappa shape index (κ1) is 13.3. The molecule has 5 N–H and O–H groups in total. The number of urea groups is 1.